The molecule has 1 aromatic carbocycles. The third kappa shape index (κ3) is 5.76. The van der Waals surface area contributed by atoms with Crippen molar-refractivity contribution in [2.45, 2.75) is 46.2 Å². The predicted molar refractivity (Wildman–Crippen MR) is 122 cm³/mol. The number of piperidine rings is 1. The van der Waals surface area contributed by atoms with E-state index in [2.05, 4.69) is 21.3 Å². The van der Waals surface area contributed by atoms with E-state index in [0.29, 0.717) is 0 Å². The van der Waals surface area contributed by atoms with Gasteiger partial charge in [-0.25, -0.2) is 0 Å². The first-order chi connectivity index (χ1) is 14.8. The molecule has 0 aliphatic carbocycles. The van der Waals surface area contributed by atoms with Crippen LogP contribution in [0.25, 0.3) is 0 Å². The maximum Gasteiger partial charge on any atom is 0.225 e. The molecular weight excluding hydrogens is 390 g/mol. The zero-order chi connectivity index (χ0) is 22.4. The summed E-state index contributed by atoms with van der Waals surface area (Å²) in [5.41, 5.74) is 1.58. The SMILES string of the molecule is COc1cccc(CN2CCC[C@H]([C@H](NC(=O)C(C)(C)C)c3ccccn3)C2)c1OC. The molecular formula is C25H35N3O3. The second-order valence-corrected chi connectivity index (χ2v) is 9.25. The molecule has 1 aliphatic rings. The van der Waals surface area contributed by atoms with Crippen molar-refractivity contribution >= 4 is 5.91 Å². The number of pyridine rings is 1. The average Bonchev–Trinajstić information content (AvgIpc) is 2.77. The molecule has 2 atom stereocenters. The maximum absolute atomic E-state index is 12.8. The van der Waals surface area contributed by atoms with Crippen LogP contribution in [0, 0.1) is 11.3 Å². The lowest BCUT2D eigenvalue weighted by Crippen LogP contribution is -2.45. The van der Waals surface area contributed by atoms with Gasteiger partial charge in [-0.05, 0) is 43.5 Å². The fourth-order valence-corrected chi connectivity index (χ4v) is 4.18. The third-order valence-electron chi connectivity index (χ3n) is 5.87. The highest BCUT2D eigenvalue weighted by atomic mass is 16.5. The van der Waals surface area contributed by atoms with E-state index >= 15 is 0 Å². The number of likely N-dealkylation sites (tertiary alicyclic amines) is 1. The molecule has 1 N–H and O–H groups in total. The minimum atomic E-state index is -0.449. The Bertz CT molecular complexity index is 864. The molecule has 0 unspecified atom stereocenters. The number of hydrogen-bond donors (Lipinski definition) is 1. The van der Waals surface area contributed by atoms with Crippen molar-refractivity contribution in [3.05, 3.63) is 53.9 Å². The number of hydrogen-bond acceptors (Lipinski definition) is 5. The van der Waals surface area contributed by atoms with Crippen LogP contribution in [0.5, 0.6) is 11.5 Å². The lowest BCUT2D eigenvalue weighted by Gasteiger charge is -2.38. The van der Waals surface area contributed by atoms with Gasteiger partial charge in [0, 0.05) is 30.3 Å². The second kappa shape index (κ2) is 10.1. The normalized spacial score (nSPS) is 18.3. The number of carbonyl (C=O) groups excluding carboxylic acids is 1. The van der Waals surface area contributed by atoms with E-state index in [9.17, 15) is 4.79 Å². The molecule has 31 heavy (non-hydrogen) atoms. The van der Waals surface area contributed by atoms with E-state index < -0.39 is 5.41 Å². The smallest absolute Gasteiger partial charge is 0.225 e. The highest BCUT2D eigenvalue weighted by Crippen LogP contribution is 2.34. The van der Waals surface area contributed by atoms with Gasteiger partial charge in [-0.15, -0.1) is 0 Å². The van der Waals surface area contributed by atoms with Crippen LogP contribution in [0.3, 0.4) is 0 Å². The fraction of sp³-hybridized carbons (Fsp3) is 0.520. The molecule has 0 bridgehead atoms. The first-order valence-electron chi connectivity index (χ1n) is 11.0. The molecule has 1 fully saturated rings. The van der Waals surface area contributed by atoms with Crippen LogP contribution in [0.2, 0.25) is 0 Å². The Hall–Kier alpha value is -2.60. The van der Waals surface area contributed by atoms with Gasteiger partial charge in [0.15, 0.2) is 11.5 Å². The Morgan fingerprint density at radius 3 is 2.65 bits per heavy atom. The van der Waals surface area contributed by atoms with E-state index in [4.69, 9.17) is 9.47 Å². The minimum Gasteiger partial charge on any atom is -0.493 e. The molecule has 6 heteroatoms. The molecule has 1 aromatic heterocycles. The molecule has 1 saturated heterocycles. The highest BCUT2D eigenvalue weighted by Gasteiger charge is 2.33. The summed E-state index contributed by atoms with van der Waals surface area (Å²) in [5.74, 6) is 1.87. The van der Waals surface area contributed by atoms with Gasteiger partial charge in [0.25, 0.3) is 0 Å². The summed E-state index contributed by atoms with van der Waals surface area (Å²) in [5, 5.41) is 3.30. The van der Waals surface area contributed by atoms with Gasteiger partial charge in [0.05, 0.1) is 26.0 Å². The van der Waals surface area contributed by atoms with Crippen molar-refractivity contribution in [1.29, 1.82) is 0 Å². The largest absolute Gasteiger partial charge is 0.493 e. The number of methoxy groups -OCH3 is 2. The van der Waals surface area contributed by atoms with Gasteiger partial charge in [-0.2, -0.15) is 0 Å². The summed E-state index contributed by atoms with van der Waals surface area (Å²) in [6.45, 7) is 8.50. The summed E-state index contributed by atoms with van der Waals surface area (Å²) in [6, 6.07) is 11.8. The number of carbonyl (C=O) groups is 1. The van der Waals surface area contributed by atoms with Gasteiger partial charge in [-0.1, -0.05) is 39.0 Å². The van der Waals surface area contributed by atoms with Crippen molar-refractivity contribution in [2.24, 2.45) is 11.3 Å². The lowest BCUT2D eigenvalue weighted by atomic mass is 9.86. The van der Waals surface area contributed by atoms with Gasteiger partial charge >= 0.3 is 0 Å². The zero-order valence-electron chi connectivity index (χ0n) is 19.4. The van der Waals surface area contributed by atoms with Crippen molar-refractivity contribution < 1.29 is 14.3 Å². The second-order valence-electron chi connectivity index (χ2n) is 9.25. The topological polar surface area (TPSA) is 63.7 Å². The van der Waals surface area contributed by atoms with Crippen LogP contribution in [-0.2, 0) is 11.3 Å². The van der Waals surface area contributed by atoms with E-state index in [0.717, 1.165) is 55.2 Å². The van der Waals surface area contributed by atoms with Crippen molar-refractivity contribution in [3.8, 4) is 11.5 Å². The van der Waals surface area contributed by atoms with Crippen LogP contribution in [0.15, 0.2) is 42.6 Å². The number of rotatable bonds is 7. The molecule has 1 amide bonds. The third-order valence-corrected chi connectivity index (χ3v) is 5.87. The van der Waals surface area contributed by atoms with Crippen LogP contribution < -0.4 is 14.8 Å². The molecule has 2 aromatic rings. The van der Waals surface area contributed by atoms with E-state index in [1.54, 1.807) is 20.4 Å². The zero-order valence-corrected chi connectivity index (χ0v) is 19.4. The first-order valence-corrected chi connectivity index (χ1v) is 11.0. The molecule has 2 heterocycles. The van der Waals surface area contributed by atoms with Crippen LogP contribution in [0.4, 0.5) is 0 Å². The van der Waals surface area contributed by atoms with Gasteiger partial charge in [0.2, 0.25) is 5.91 Å². The van der Waals surface area contributed by atoms with Crippen molar-refractivity contribution in [1.82, 2.24) is 15.2 Å². The van der Waals surface area contributed by atoms with Gasteiger partial charge < -0.3 is 14.8 Å². The Kier molecular flexibility index (Phi) is 7.55. The number of nitrogens with one attached hydrogen (secondary N) is 1. The quantitative estimate of drug-likeness (QED) is 0.720. The summed E-state index contributed by atoms with van der Waals surface area (Å²) >= 11 is 0. The van der Waals surface area contributed by atoms with E-state index in [1.165, 1.54) is 0 Å². The number of ether oxygens (including phenoxy) is 2. The predicted octanol–water partition coefficient (Wildman–Crippen LogP) is 4.21. The van der Waals surface area contributed by atoms with Gasteiger partial charge in [0.1, 0.15) is 0 Å². The number of aromatic nitrogens is 1. The number of para-hydroxylation sites is 1. The Morgan fingerprint density at radius 2 is 2.00 bits per heavy atom. The van der Waals surface area contributed by atoms with Crippen molar-refractivity contribution in [3.63, 3.8) is 0 Å². The summed E-state index contributed by atoms with van der Waals surface area (Å²) in [4.78, 5) is 19.8. The molecule has 0 spiro atoms. The molecule has 3 rings (SSSR count). The molecule has 6 nitrogen and oxygen atoms in total. The van der Waals surface area contributed by atoms with Crippen LogP contribution in [0.1, 0.15) is 50.9 Å². The van der Waals surface area contributed by atoms with Crippen molar-refractivity contribution in [2.75, 3.05) is 27.3 Å². The number of benzene rings is 1. The number of nitrogens with zero attached hydrogens (tertiary/aromatic N) is 2. The average molecular weight is 426 g/mol. The van der Waals surface area contributed by atoms with E-state index in [1.807, 2.05) is 51.1 Å². The lowest BCUT2D eigenvalue weighted by molar-refractivity contribution is -0.130. The molecule has 0 radical (unpaired) electrons. The standard InChI is InChI=1S/C25H35N3O3/c1-25(2,3)24(29)27-22(20-12-6-7-14-26-20)18-11-9-15-28(16-18)17-19-10-8-13-21(30-4)23(19)31-5/h6-8,10,12-14,18,22H,9,11,15-17H2,1-5H3,(H,27,29)/t18-,22-/m0/s1. The Labute approximate surface area is 186 Å². The summed E-state index contributed by atoms with van der Waals surface area (Å²) in [6.07, 6.45) is 3.93. The summed E-state index contributed by atoms with van der Waals surface area (Å²) in [7, 11) is 3.34. The molecule has 0 saturated carbocycles. The number of amides is 1. The van der Waals surface area contributed by atoms with Gasteiger partial charge in [-0.3, -0.25) is 14.7 Å². The molecule has 168 valence electrons. The van der Waals surface area contributed by atoms with E-state index in [-0.39, 0.29) is 17.9 Å². The monoisotopic (exact) mass is 425 g/mol. The minimum absolute atomic E-state index is 0.0507. The fourth-order valence-electron chi connectivity index (χ4n) is 4.18. The first kappa shape index (κ1) is 23.1. The van der Waals surface area contributed by atoms with Crippen LogP contribution in [-0.4, -0.2) is 43.1 Å². The van der Waals surface area contributed by atoms with Crippen LogP contribution >= 0.6 is 0 Å². The Morgan fingerprint density at radius 1 is 1.19 bits per heavy atom. The highest BCUT2D eigenvalue weighted by molar-refractivity contribution is 5.81. The summed E-state index contributed by atoms with van der Waals surface area (Å²) < 4.78 is 11.1. The maximum atomic E-state index is 12.8. The Balaban J connectivity index is 1.80. The molecule has 1 aliphatic heterocycles.